The van der Waals surface area contributed by atoms with Gasteiger partial charge in [0.15, 0.2) is 5.13 Å². The highest BCUT2D eigenvalue weighted by molar-refractivity contribution is 7.13. The molecule has 5 nitrogen and oxygen atoms in total. The summed E-state index contributed by atoms with van der Waals surface area (Å²) in [5, 5.41) is 3.24. The Balaban J connectivity index is 1.47. The van der Waals surface area contributed by atoms with Crippen LogP contribution in [0.4, 0.5) is 5.13 Å². The summed E-state index contributed by atoms with van der Waals surface area (Å²) in [5.74, 6) is 0. The number of aromatic nitrogens is 1. The smallest absolute Gasteiger partial charge is 0.185 e. The molecule has 0 bridgehead atoms. The van der Waals surface area contributed by atoms with Gasteiger partial charge in [-0.1, -0.05) is 0 Å². The fourth-order valence-electron chi connectivity index (χ4n) is 4.66. The van der Waals surface area contributed by atoms with E-state index in [1.807, 2.05) is 6.20 Å². The minimum Gasteiger partial charge on any atom is -0.346 e. The number of nitrogens with zero attached hydrogens (tertiary/aromatic N) is 4. The molecule has 0 radical (unpaired) electrons. The van der Waals surface area contributed by atoms with Gasteiger partial charge < -0.3 is 10.6 Å². The third-order valence-electron chi connectivity index (χ3n) is 5.77. The molecule has 116 valence electrons. The maximum Gasteiger partial charge on any atom is 0.185 e. The van der Waals surface area contributed by atoms with Gasteiger partial charge in [0.05, 0.1) is 0 Å². The summed E-state index contributed by atoms with van der Waals surface area (Å²) in [6.45, 7) is 7.76. The van der Waals surface area contributed by atoms with E-state index in [2.05, 4.69) is 25.1 Å². The third-order valence-corrected chi connectivity index (χ3v) is 6.60. The Bertz CT molecular complexity index is 470. The van der Waals surface area contributed by atoms with Crippen molar-refractivity contribution in [2.24, 2.45) is 5.73 Å². The fourth-order valence-corrected chi connectivity index (χ4v) is 5.35. The van der Waals surface area contributed by atoms with Crippen molar-refractivity contribution in [3.8, 4) is 0 Å². The predicted octanol–water partition coefficient (Wildman–Crippen LogP) is 0.831. The lowest BCUT2D eigenvalue weighted by atomic mass is 9.86. The second-order valence-electron chi connectivity index (χ2n) is 6.54. The van der Waals surface area contributed by atoms with E-state index in [0.29, 0.717) is 6.04 Å². The summed E-state index contributed by atoms with van der Waals surface area (Å²) in [6.07, 6.45) is 5.85. The van der Waals surface area contributed by atoms with E-state index >= 15 is 0 Å². The molecule has 1 aromatic rings. The lowest BCUT2D eigenvalue weighted by Gasteiger charge is -2.48. The first-order valence-electron chi connectivity index (χ1n) is 8.17. The van der Waals surface area contributed by atoms with Gasteiger partial charge in [-0.15, -0.1) is 11.3 Å². The van der Waals surface area contributed by atoms with Crippen LogP contribution in [0.5, 0.6) is 0 Å². The highest BCUT2D eigenvalue weighted by Gasteiger charge is 2.51. The lowest BCUT2D eigenvalue weighted by Crippen LogP contribution is -2.64. The molecule has 2 unspecified atom stereocenters. The molecule has 2 N–H and O–H groups in total. The molecular weight excluding hydrogens is 282 g/mol. The van der Waals surface area contributed by atoms with Crippen LogP contribution in [0.2, 0.25) is 0 Å². The molecule has 0 amide bonds. The molecule has 0 aliphatic carbocycles. The summed E-state index contributed by atoms with van der Waals surface area (Å²) in [5.41, 5.74) is 6.53. The van der Waals surface area contributed by atoms with Crippen molar-refractivity contribution >= 4 is 16.5 Å². The van der Waals surface area contributed by atoms with E-state index in [-0.39, 0.29) is 5.54 Å². The van der Waals surface area contributed by atoms with E-state index in [0.717, 1.165) is 32.7 Å². The molecular formula is C15H25N5S. The first-order valence-corrected chi connectivity index (χ1v) is 9.05. The predicted molar refractivity (Wildman–Crippen MR) is 86.9 cm³/mol. The van der Waals surface area contributed by atoms with Gasteiger partial charge in [0, 0.05) is 62.4 Å². The van der Waals surface area contributed by atoms with Crippen molar-refractivity contribution in [3.63, 3.8) is 0 Å². The molecule has 3 saturated heterocycles. The van der Waals surface area contributed by atoms with Gasteiger partial charge >= 0.3 is 0 Å². The fraction of sp³-hybridized carbons (Fsp3) is 0.800. The van der Waals surface area contributed by atoms with Gasteiger partial charge in [-0.2, -0.15) is 0 Å². The van der Waals surface area contributed by atoms with Gasteiger partial charge in [-0.05, 0) is 25.8 Å². The SMILES string of the molecule is NCC1(N2CCN(c3nccs3)CC2)CCN2CCCC21. The van der Waals surface area contributed by atoms with Crippen molar-refractivity contribution in [2.75, 3.05) is 50.7 Å². The molecule has 4 rings (SSSR count). The maximum absolute atomic E-state index is 6.29. The topological polar surface area (TPSA) is 48.6 Å². The van der Waals surface area contributed by atoms with Crippen LogP contribution < -0.4 is 10.6 Å². The molecule has 3 aliphatic rings. The zero-order valence-electron chi connectivity index (χ0n) is 12.6. The Morgan fingerprint density at radius 2 is 2.10 bits per heavy atom. The molecule has 0 aromatic carbocycles. The highest BCUT2D eigenvalue weighted by Crippen LogP contribution is 2.40. The number of hydrogen-bond acceptors (Lipinski definition) is 6. The second kappa shape index (κ2) is 5.50. The Hall–Kier alpha value is -0.690. The average molecular weight is 307 g/mol. The summed E-state index contributed by atoms with van der Waals surface area (Å²) < 4.78 is 0. The first-order chi connectivity index (χ1) is 10.3. The van der Waals surface area contributed by atoms with Crippen molar-refractivity contribution in [1.29, 1.82) is 0 Å². The van der Waals surface area contributed by atoms with Gasteiger partial charge in [0.2, 0.25) is 0 Å². The second-order valence-corrected chi connectivity index (χ2v) is 7.41. The molecule has 3 aliphatic heterocycles. The van der Waals surface area contributed by atoms with Gasteiger partial charge in [-0.3, -0.25) is 9.80 Å². The van der Waals surface area contributed by atoms with E-state index in [4.69, 9.17) is 5.73 Å². The lowest BCUT2D eigenvalue weighted by molar-refractivity contribution is 0.0597. The Labute approximate surface area is 130 Å². The average Bonchev–Trinajstić information content (AvgIpc) is 3.25. The van der Waals surface area contributed by atoms with Gasteiger partial charge in [-0.25, -0.2) is 4.98 Å². The van der Waals surface area contributed by atoms with Crippen LogP contribution in [-0.2, 0) is 0 Å². The minimum absolute atomic E-state index is 0.242. The number of nitrogens with two attached hydrogens (primary N) is 1. The number of fused-ring (bicyclic) bond motifs is 1. The highest BCUT2D eigenvalue weighted by atomic mass is 32.1. The zero-order chi connectivity index (χ0) is 14.3. The van der Waals surface area contributed by atoms with Crippen molar-refractivity contribution in [1.82, 2.24) is 14.8 Å². The monoisotopic (exact) mass is 307 g/mol. The third kappa shape index (κ3) is 2.20. The Morgan fingerprint density at radius 3 is 2.81 bits per heavy atom. The summed E-state index contributed by atoms with van der Waals surface area (Å²) in [7, 11) is 0. The molecule has 3 fully saturated rings. The van der Waals surface area contributed by atoms with Crippen molar-refractivity contribution < 1.29 is 0 Å². The van der Waals surface area contributed by atoms with Crippen molar-refractivity contribution in [2.45, 2.75) is 30.8 Å². The summed E-state index contributed by atoms with van der Waals surface area (Å²) in [4.78, 5) is 12.3. The standard InChI is InChI=1S/C15H25N5S/c16-12-15(3-6-18-5-1-2-13(15)18)20-9-7-19(8-10-20)14-17-4-11-21-14/h4,11,13H,1-3,5-10,12,16H2. The van der Waals surface area contributed by atoms with Gasteiger partial charge in [0.1, 0.15) is 0 Å². The van der Waals surface area contributed by atoms with Crippen molar-refractivity contribution in [3.05, 3.63) is 11.6 Å². The molecule has 2 atom stereocenters. The van der Waals surface area contributed by atoms with Crippen LogP contribution in [0.15, 0.2) is 11.6 Å². The number of thiazole rings is 1. The molecule has 6 heteroatoms. The van der Waals surface area contributed by atoms with Crippen LogP contribution >= 0.6 is 11.3 Å². The number of rotatable bonds is 3. The zero-order valence-corrected chi connectivity index (χ0v) is 13.4. The first kappa shape index (κ1) is 13.9. The summed E-state index contributed by atoms with van der Waals surface area (Å²) >= 11 is 1.75. The van der Waals surface area contributed by atoms with Crippen LogP contribution in [0.3, 0.4) is 0 Å². The van der Waals surface area contributed by atoms with E-state index in [1.54, 1.807) is 11.3 Å². The maximum atomic E-state index is 6.29. The molecule has 4 heterocycles. The number of piperazine rings is 1. The Morgan fingerprint density at radius 1 is 1.24 bits per heavy atom. The van der Waals surface area contributed by atoms with E-state index in [1.165, 1.54) is 37.5 Å². The van der Waals surface area contributed by atoms with Crippen LogP contribution in [0, 0.1) is 0 Å². The van der Waals surface area contributed by atoms with Crippen LogP contribution in [0.1, 0.15) is 19.3 Å². The Kier molecular flexibility index (Phi) is 3.65. The minimum atomic E-state index is 0.242. The molecule has 0 spiro atoms. The van der Waals surface area contributed by atoms with E-state index in [9.17, 15) is 0 Å². The van der Waals surface area contributed by atoms with Crippen LogP contribution in [-0.4, -0.2) is 72.2 Å². The quantitative estimate of drug-likeness (QED) is 0.896. The van der Waals surface area contributed by atoms with Crippen LogP contribution in [0.25, 0.3) is 0 Å². The largest absolute Gasteiger partial charge is 0.346 e. The molecule has 1 aromatic heterocycles. The summed E-state index contributed by atoms with van der Waals surface area (Å²) in [6, 6.07) is 0.703. The number of anilines is 1. The molecule has 0 saturated carbocycles. The van der Waals surface area contributed by atoms with E-state index < -0.39 is 0 Å². The van der Waals surface area contributed by atoms with Gasteiger partial charge in [0.25, 0.3) is 0 Å². The number of hydrogen-bond donors (Lipinski definition) is 1. The molecule has 21 heavy (non-hydrogen) atoms. The normalized spacial score (nSPS) is 34.5.